The van der Waals surface area contributed by atoms with Gasteiger partial charge in [0.25, 0.3) is 0 Å². The van der Waals surface area contributed by atoms with Crippen molar-refractivity contribution in [2.75, 3.05) is 7.05 Å². The van der Waals surface area contributed by atoms with Crippen LogP contribution in [0.5, 0.6) is 0 Å². The SMILES string of the molecule is CNCc1cc(Br)cc(S(=O)(=O)NCc2ncc[nH]2)c1F. The molecular formula is C12H14BrFN4O2S. The fraction of sp³-hybridized carbons (Fsp3) is 0.250. The van der Waals surface area contributed by atoms with E-state index in [2.05, 4.69) is 35.9 Å². The van der Waals surface area contributed by atoms with E-state index in [0.29, 0.717) is 10.3 Å². The first-order valence-electron chi connectivity index (χ1n) is 6.04. The van der Waals surface area contributed by atoms with Gasteiger partial charge in [-0.1, -0.05) is 15.9 Å². The van der Waals surface area contributed by atoms with Crippen molar-refractivity contribution in [2.24, 2.45) is 0 Å². The molecule has 0 atom stereocenters. The Balaban J connectivity index is 2.30. The second kappa shape index (κ2) is 6.65. The third-order valence-corrected chi connectivity index (χ3v) is 4.58. The molecule has 0 saturated heterocycles. The first-order chi connectivity index (χ1) is 9.94. The number of aromatic nitrogens is 2. The number of nitrogens with one attached hydrogen (secondary N) is 3. The van der Waals surface area contributed by atoms with Crippen molar-refractivity contribution in [3.63, 3.8) is 0 Å². The lowest BCUT2D eigenvalue weighted by atomic mass is 10.2. The van der Waals surface area contributed by atoms with E-state index in [-0.39, 0.29) is 18.7 Å². The molecule has 0 amide bonds. The third kappa shape index (κ3) is 3.88. The molecular weight excluding hydrogens is 363 g/mol. The molecule has 9 heteroatoms. The van der Waals surface area contributed by atoms with Crippen molar-refractivity contribution >= 4 is 26.0 Å². The maximum atomic E-state index is 14.3. The number of benzene rings is 1. The summed E-state index contributed by atoms with van der Waals surface area (Å²) in [6.07, 6.45) is 3.09. The van der Waals surface area contributed by atoms with Crippen LogP contribution in [-0.2, 0) is 23.1 Å². The average molecular weight is 377 g/mol. The topological polar surface area (TPSA) is 86.9 Å². The van der Waals surface area contributed by atoms with Gasteiger partial charge in [-0.15, -0.1) is 0 Å². The average Bonchev–Trinajstić information content (AvgIpc) is 2.94. The van der Waals surface area contributed by atoms with E-state index in [4.69, 9.17) is 0 Å². The van der Waals surface area contributed by atoms with E-state index in [9.17, 15) is 12.8 Å². The molecule has 1 aromatic heterocycles. The van der Waals surface area contributed by atoms with Gasteiger partial charge in [-0.25, -0.2) is 22.5 Å². The Morgan fingerprint density at radius 3 is 2.76 bits per heavy atom. The molecule has 6 nitrogen and oxygen atoms in total. The number of nitrogens with zero attached hydrogens (tertiary/aromatic N) is 1. The van der Waals surface area contributed by atoms with Gasteiger partial charge in [0, 0.05) is 29.0 Å². The Hall–Kier alpha value is -1.29. The maximum Gasteiger partial charge on any atom is 0.243 e. The molecule has 0 spiro atoms. The molecule has 2 rings (SSSR count). The van der Waals surface area contributed by atoms with E-state index in [1.54, 1.807) is 13.2 Å². The monoisotopic (exact) mass is 376 g/mol. The van der Waals surface area contributed by atoms with Crippen molar-refractivity contribution in [3.8, 4) is 0 Å². The molecule has 0 aliphatic rings. The molecule has 1 heterocycles. The highest BCUT2D eigenvalue weighted by Crippen LogP contribution is 2.24. The van der Waals surface area contributed by atoms with Crippen LogP contribution >= 0.6 is 15.9 Å². The largest absolute Gasteiger partial charge is 0.347 e. The predicted molar refractivity (Wildman–Crippen MR) is 79.5 cm³/mol. The van der Waals surface area contributed by atoms with E-state index in [1.807, 2.05) is 0 Å². The number of sulfonamides is 1. The Morgan fingerprint density at radius 1 is 1.38 bits per heavy atom. The summed E-state index contributed by atoms with van der Waals surface area (Å²) in [5.74, 6) is -0.316. The lowest BCUT2D eigenvalue weighted by Crippen LogP contribution is -2.25. The van der Waals surface area contributed by atoms with E-state index < -0.39 is 20.7 Å². The van der Waals surface area contributed by atoms with Crippen LogP contribution in [0.1, 0.15) is 11.4 Å². The van der Waals surface area contributed by atoms with E-state index >= 15 is 0 Å². The summed E-state index contributed by atoms with van der Waals surface area (Å²) >= 11 is 3.19. The normalized spacial score (nSPS) is 11.8. The van der Waals surface area contributed by atoms with Crippen molar-refractivity contribution in [1.29, 1.82) is 0 Å². The van der Waals surface area contributed by atoms with Gasteiger partial charge in [-0.05, 0) is 19.2 Å². The molecule has 0 saturated carbocycles. The minimum Gasteiger partial charge on any atom is -0.347 e. The fourth-order valence-electron chi connectivity index (χ4n) is 1.77. The summed E-state index contributed by atoms with van der Waals surface area (Å²) in [6, 6.07) is 2.77. The smallest absolute Gasteiger partial charge is 0.243 e. The van der Waals surface area contributed by atoms with Gasteiger partial charge in [0.05, 0.1) is 6.54 Å². The first-order valence-corrected chi connectivity index (χ1v) is 8.32. The second-order valence-corrected chi connectivity index (χ2v) is 6.92. The minimum absolute atomic E-state index is 0.0390. The van der Waals surface area contributed by atoms with Gasteiger partial charge in [0.1, 0.15) is 16.5 Å². The lowest BCUT2D eigenvalue weighted by Gasteiger charge is -2.11. The van der Waals surface area contributed by atoms with Gasteiger partial charge in [-0.3, -0.25) is 0 Å². The summed E-state index contributed by atoms with van der Waals surface area (Å²) in [5.41, 5.74) is 0.269. The molecule has 2 aromatic rings. The number of hydrogen-bond donors (Lipinski definition) is 3. The number of hydrogen-bond acceptors (Lipinski definition) is 4. The van der Waals surface area contributed by atoms with Gasteiger partial charge >= 0.3 is 0 Å². The van der Waals surface area contributed by atoms with Gasteiger partial charge in [0.15, 0.2) is 0 Å². The molecule has 0 fully saturated rings. The van der Waals surface area contributed by atoms with Crippen LogP contribution in [-0.4, -0.2) is 25.4 Å². The molecule has 0 aliphatic carbocycles. The van der Waals surface area contributed by atoms with Crippen LogP contribution in [0.25, 0.3) is 0 Å². The van der Waals surface area contributed by atoms with Crippen molar-refractivity contribution < 1.29 is 12.8 Å². The van der Waals surface area contributed by atoms with Crippen molar-refractivity contribution in [3.05, 3.63) is 46.2 Å². The van der Waals surface area contributed by atoms with Gasteiger partial charge in [0.2, 0.25) is 10.0 Å². The summed E-state index contributed by atoms with van der Waals surface area (Å²) in [5, 5.41) is 2.79. The number of rotatable bonds is 6. The highest BCUT2D eigenvalue weighted by atomic mass is 79.9. The standard InChI is InChI=1S/C12H14BrFN4O2S/c1-15-6-8-4-9(13)5-10(12(8)14)21(19,20)18-7-11-16-2-3-17-11/h2-5,15,18H,6-7H2,1H3,(H,16,17). The fourth-order valence-corrected chi connectivity index (χ4v) is 3.56. The molecule has 0 aliphatic heterocycles. The number of halogens is 2. The van der Waals surface area contributed by atoms with E-state index in [0.717, 1.165) is 0 Å². The Kier molecular flexibility index (Phi) is 5.09. The molecule has 0 unspecified atom stereocenters. The van der Waals surface area contributed by atoms with Crippen LogP contribution in [0.3, 0.4) is 0 Å². The molecule has 0 radical (unpaired) electrons. The summed E-state index contributed by atoms with van der Waals surface area (Å²) in [7, 11) is -2.32. The van der Waals surface area contributed by atoms with Crippen molar-refractivity contribution in [2.45, 2.75) is 18.0 Å². The lowest BCUT2D eigenvalue weighted by molar-refractivity contribution is 0.544. The summed E-state index contributed by atoms with van der Waals surface area (Å²) in [4.78, 5) is 6.28. The molecule has 1 aromatic carbocycles. The van der Waals surface area contributed by atoms with Crippen LogP contribution in [0.15, 0.2) is 33.9 Å². The summed E-state index contributed by atoms with van der Waals surface area (Å²) in [6.45, 7) is 0.189. The molecule has 3 N–H and O–H groups in total. The van der Waals surface area contributed by atoms with Crippen molar-refractivity contribution in [1.82, 2.24) is 20.0 Å². The number of aromatic amines is 1. The highest BCUT2D eigenvalue weighted by molar-refractivity contribution is 9.10. The summed E-state index contributed by atoms with van der Waals surface area (Å²) < 4.78 is 41.5. The minimum atomic E-state index is -3.97. The second-order valence-electron chi connectivity index (χ2n) is 4.27. The molecule has 21 heavy (non-hydrogen) atoms. The number of H-pyrrole nitrogens is 1. The Labute approximate surface area is 130 Å². The quantitative estimate of drug-likeness (QED) is 0.712. The van der Waals surface area contributed by atoms with E-state index in [1.165, 1.54) is 18.3 Å². The molecule has 114 valence electrons. The zero-order valence-electron chi connectivity index (χ0n) is 11.2. The van der Waals surface area contributed by atoms with Gasteiger partial charge in [-0.2, -0.15) is 0 Å². The Morgan fingerprint density at radius 2 is 2.14 bits per heavy atom. The van der Waals surface area contributed by atoms with Crippen LogP contribution in [0.4, 0.5) is 4.39 Å². The predicted octanol–water partition coefficient (Wildman–Crippen LogP) is 1.51. The van der Waals surface area contributed by atoms with Crippen LogP contribution < -0.4 is 10.0 Å². The zero-order valence-corrected chi connectivity index (χ0v) is 13.6. The third-order valence-electron chi connectivity index (χ3n) is 2.72. The van der Waals surface area contributed by atoms with Gasteiger partial charge < -0.3 is 10.3 Å². The van der Waals surface area contributed by atoms with Crippen LogP contribution in [0.2, 0.25) is 0 Å². The molecule has 0 bridgehead atoms. The Bertz CT molecular complexity index is 719. The highest BCUT2D eigenvalue weighted by Gasteiger charge is 2.22. The maximum absolute atomic E-state index is 14.3. The zero-order chi connectivity index (χ0) is 15.5. The van der Waals surface area contributed by atoms with Crippen LogP contribution in [0, 0.1) is 5.82 Å². The first kappa shape index (κ1) is 16.1. The number of imidazole rings is 1.